The highest BCUT2D eigenvalue weighted by atomic mass is 15.4. The Morgan fingerprint density at radius 2 is 0.647 bits per heavy atom. The van der Waals surface area contributed by atoms with E-state index in [-0.39, 0.29) is 0 Å². The molecule has 1 heterocycles. The van der Waals surface area contributed by atoms with Crippen molar-refractivity contribution in [1.82, 2.24) is 9.80 Å². The van der Waals surface area contributed by atoms with Crippen LogP contribution < -0.4 is 0 Å². The van der Waals surface area contributed by atoms with Crippen LogP contribution in [0.2, 0.25) is 0 Å². The quantitative estimate of drug-likeness (QED) is 0.114. The Morgan fingerprint density at radius 3 is 0.912 bits per heavy atom. The molecule has 0 saturated heterocycles. The minimum absolute atomic E-state index is 0.621. The summed E-state index contributed by atoms with van der Waals surface area (Å²) in [7, 11) is 0. The maximum atomic E-state index is 2.62. The lowest BCUT2D eigenvalue weighted by atomic mass is 10.1. The van der Waals surface area contributed by atoms with Gasteiger partial charge in [-0.25, -0.2) is 0 Å². The third-order valence-corrected chi connectivity index (χ3v) is 7.87. The van der Waals surface area contributed by atoms with Gasteiger partial charge in [-0.3, -0.25) is 0 Å². The van der Waals surface area contributed by atoms with Gasteiger partial charge in [0.15, 0.2) is 0 Å². The summed E-state index contributed by atoms with van der Waals surface area (Å²) < 4.78 is 0. The minimum atomic E-state index is 0.621. The molecule has 1 aliphatic heterocycles. The number of hydrogen-bond acceptors (Lipinski definition) is 2. The zero-order chi connectivity index (χ0) is 24.5. The topological polar surface area (TPSA) is 6.48 Å². The SMILES string of the molecule is CCCCCCCCCCCCCCN1C=CN(CCCCCCCCCCCCC)C1CC. The zero-order valence-electron chi connectivity index (χ0n) is 24.0. The van der Waals surface area contributed by atoms with Crippen molar-refractivity contribution in [1.29, 1.82) is 0 Å². The summed E-state index contributed by atoms with van der Waals surface area (Å²) in [4.78, 5) is 5.24. The van der Waals surface area contributed by atoms with Crippen LogP contribution >= 0.6 is 0 Å². The Labute approximate surface area is 216 Å². The van der Waals surface area contributed by atoms with Gasteiger partial charge in [-0.1, -0.05) is 156 Å². The van der Waals surface area contributed by atoms with Gasteiger partial charge in [0.2, 0.25) is 0 Å². The molecule has 0 aromatic rings. The zero-order valence-corrected chi connectivity index (χ0v) is 24.0. The van der Waals surface area contributed by atoms with E-state index >= 15 is 0 Å². The van der Waals surface area contributed by atoms with Gasteiger partial charge in [0, 0.05) is 25.5 Å². The maximum absolute atomic E-state index is 2.62. The van der Waals surface area contributed by atoms with E-state index in [2.05, 4.69) is 43.0 Å². The molecule has 1 rings (SSSR count). The van der Waals surface area contributed by atoms with Gasteiger partial charge in [0.05, 0.1) is 0 Å². The molecule has 0 aliphatic carbocycles. The van der Waals surface area contributed by atoms with E-state index in [0.717, 1.165) is 0 Å². The molecule has 0 radical (unpaired) electrons. The van der Waals surface area contributed by atoms with E-state index in [1.54, 1.807) is 0 Å². The van der Waals surface area contributed by atoms with Gasteiger partial charge in [-0.05, 0) is 19.3 Å². The van der Waals surface area contributed by atoms with Crippen molar-refractivity contribution in [2.75, 3.05) is 13.1 Å². The summed E-state index contributed by atoms with van der Waals surface area (Å²) in [5.74, 6) is 0. The fourth-order valence-electron chi connectivity index (χ4n) is 5.57. The summed E-state index contributed by atoms with van der Waals surface area (Å²) >= 11 is 0. The van der Waals surface area contributed by atoms with Crippen LogP contribution in [0.5, 0.6) is 0 Å². The normalized spacial score (nSPS) is 15.7. The van der Waals surface area contributed by atoms with Crippen molar-refractivity contribution in [3.05, 3.63) is 12.4 Å². The van der Waals surface area contributed by atoms with Gasteiger partial charge in [-0.15, -0.1) is 0 Å². The first kappa shape index (κ1) is 31.4. The number of unbranched alkanes of at least 4 members (excludes halogenated alkanes) is 21. The molecular formula is C32H64N2. The van der Waals surface area contributed by atoms with Crippen molar-refractivity contribution < 1.29 is 0 Å². The third kappa shape index (κ3) is 16.9. The fraction of sp³-hybridized carbons (Fsp3) is 0.938. The molecule has 1 atom stereocenters. The predicted octanol–water partition coefficient (Wildman–Crippen LogP) is 10.8. The second-order valence-electron chi connectivity index (χ2n) is 11.1. The largest absolute Gasteiger partial charge is 0.356 e. The summed E-state index contributed by atoms with van der Waals surface area (Å²) in [6, 6.07) is 0. The average Bonchev–Trinajstić information content (AvgIpc) is 3.24. The van der Waals surface area contributed by atoms with Crippen molar-refractivity contribution in [2.45, 2.75) is 181 Å². The fourth-order valence-corrected chi connectivity index (χ4v) is 5.57. The lowest BCUT2D eigenvalue weighted by molar-refractivity contribution is 0.144. The Morgan fingerprint density at radius 1 is 0.382 bits per heavy atom. The predicted molar refractivity (Wildman–Crippen MR) is 154 cm³/mol. The summed E-state index contributed by atoms with van der Waals surface area (Å²) in [6.07, 6.45) is 39.6. The molecule has 0 aromatic carbocycles. The van der Waals surface area contributed by atoms with E-state index in [9.17, 15) is 0 Å². The molecule has 0 amide bonds. The molecule has 0 N–H and O–H groups in total. The molecule has 0 saturated carbocycles. The van der Waals surface area contributed by atoms with Crippen molar-refractivity contribution >= 4 is 0 Å². The Balaban J connectivity index is 1.93. The van der Waals surface area contributed by atoms with Gasteiger partial charge in [0.25, 0.3) is 0 Å². The van der Waals surface area contributed by atoms with E-state index in [1.807, 2.05) is 0 Å². The number of rotatable bonds is 26. The molecule has 0 bridgehead atoms. The lowest BCUT2D eigenvalue weighted by Crippen LogP contribution is -2.38. The van der Waals surface area contributed by atoms with Gasteiger partial charge in [0.1, 0.15) is 6.17 Å². The molecule has 1 unspecified atom stereocenters. The first-order chi connectivity index (χ1) is 16.8. The molecule has 1 aliphatic rings. The molecule has 0 spiro atoms. The molecular weight excluding hydrogens is 412 g/mol. The Hall–Kier alpha value is -0.660. The van der Waals surface area contributed by atoms with Crippen molar-refractivity contribution in [3.63, 3.8) is 0 Å². The average molecular weight is 477 g/mol. The van der Waals surface area contributed by atoms with Crippen LogP contribution in [-0.4, -0.2) is 29.1 Å². The van der Waals surface area contributed by atoms with Crippen LogP contribution in [0.4, 0.5) is 0 Å². The van der Waals surface area contributed by atoms with Crippen molar-refractivity contribution in [3.8, 4) is 0 Å². The number of hydrogen-bond donors (Lipinski definition) is 0. The van der Waals surface area contributed by atoms with Crippen LogP contribution in [0.1, 0.15) is 175 Å². The van der Waals surface area contributed by atoms with Gasteiger partial charge in [-0.2, -0.15) is 0 Å². The second-order valence-corrected chi connectivity index (χ2v) is 11.1. The van der Waals surface area contributed by atoms with Crippen LogP contribution in [0.15, 0.2) is 12.4 Å². The molecule has 2 nitrogen and oxygen atoms in total. The highest BCUT2D eigenvalue weighted by Gasteiger charge is 2.23. The van der Waals surface area contributed by atoms with E-state index in [1.165, 1.54) is 167 Å². The molecule has 0 fully saturated rings. The first-order valence-electron chi connectivity index (χ1n) is 16.0. The molecule has 34 heavy (non-hydrogen) atoms. The second kappa shape index (κ2) is 24.1. The summed E-state index contributed by atoms with van der Waals surface area (Å²) in [6.45, 7) is 9.47. The van der Waals surface area contributed by atoms with Crippen LogP contribution in [0, 0.1) is 0 Å². The van der Waals surface area contributed by atoms with Crippen LogP contribution in [0.3, 0.4) is 0 Å². The van der Waals surface area contributed by atoms with Gasteiger partial charge >= 0.3 is 0 Å². The van der Waals surface area contributed by atoms with E-state index < -0.39 is 0 Å². The monoisotopic (exact) mass is 477 g/mol. The number of nitrogens with zero attached hydrogens (tertiary/aromatic N) is 2. The maximum Gasteiger partial charge on any atom is 0.100 e. The summed E-state index contributed by atoms with van der Waals surface area (Å²) in [5.41, 5.74) is 0. The highest BCUT2D eigenvalue weighted by Crippen LogP contribution is 2.21. The van der Waals surface area contributed by atoms with Crippen LogP contribution in [0.25, 0.3) is 0 Å². The van der Waals surface area contributed by atoms with E-state index in [0.29, 0.717) is 6.17 Å². The van der Waals surface area contributed by atoms with E-state index in [4.69, 9.17) is 0 Å². The van der Waals surface area contributed by atoms with Crippen LogP contribution in [-0.2, 0) is 0 Å². The molecule has 2 heteroatoms. The highest BCUT2D eigenvalue weighted by molar-refractivity contribution is 4.96. The Kier molecular flexibility index (Phi) is 22.2. The summed E-state index contributed by atoms with van der Waals surface area (Å²) in [5, 5.41) is 0. The molecule has 0 aromatic heterocycles. The lowest BCUT2D eigenvalue weighted by Gasteiger charge is -2.32. The third-order valence-electron chi connectivity index (χ3n) is 7.87. The van der Waals surface area contributed by atoms with Gasteiger partial charge < -0.3 is 9.80 Å². The standard InChI is InChI=1S/C32H64N2/c1-4-7-9-11-13-15-17-19-21-23-25-27-29-34-31-30-33(32(34)6-3)28-26-24-22-20-18-16-14-12-10-8-5-2/h30-32H,4-29H2,1-3H3. The smallest absolute Gasteiger partial charge is 0.100 e. The Bertz CT molecular complexity index is 433. The first-order valence-corrected chi connectivity index (χ1v) is 16.0. The van der Waals surface area contributed by atoms with Crippen molar-refractivity contribution in [2.24, 2.45) is 0 Å². The minimum Gasteiger partial charge on any atom is -0.356 e. The molecule has 202 valence electrons.